The zero-order valence-corrected chi connectivity index (χ0v) is 17.4. The fraction of sp³-hybridized carbons (Fsp3) is 0.864. The summed E-state index contributed by atoms with van der Waals surface area (Å²) in [6, 6.07) is 0. The summed E-state index contributed by atoms with van der Waals surface area (Å²) >= 11 is 0. The van der Waals surface area contributed by atoms with Gasteiger partial charge in [0.1, 0.15) is 13.2 Å². The number of nitrogens with zero attached hydrogens (tertiary/aromatic N) is 1. The maximum Gasteiger partial charge on any atom is 0.305 e. The van der Waals surface area contributed by atoms with Gasteiger partial charge >= 0.3 is 5.97 Å². The van der Waals surface area contributed by atoms with E-state index in [1.54, 1.807) is 0 Å². The topological polar surface area (TPSA) is 26.3 Å². The number of unbranched alkanes of at least 4 members (excludes halogenated alkanes) is 10. The van der Waals surface area contributed by atoms with Crippen molar-refractivity contribution in [3.8, 4) is 0 Å². The maximum atomic E-state index is 11.8. The highest BCUT2D eigenvalue weighted by atomic mass is 16.5. The summed E-state index contributed by atoms with van der Waals surface area (Å²) in [6.07, 6.45) is 17.4. The number of ether oxygens (including phenoxy) is 1. The first-order chi connectivity index (χ1) is 12.0. The molecule has 3 nitrogen and oxygen atoms in total. The van der Waals surface area contributed by atoms with E-state index in [1.807, 2.05) is 6.08 Å². The SMILES string of the molecule is C=CCCCCCCCCC(=O)OCC[N+](C)(C)CCCCCCC. The number of quaternary nitrogens is 1. The molecule has 0 aromatic rings. The smallest absolute Gasteiger partial charge is 0.305 e. The monoisotopic (exact) mass is 354 g/mol. The van der Waals surface area contributed by atoms with Gasteiger partial charge in [-0.3, -0.25) is 4.79 Å². The van der Waals surface area contributed by atoms with Gasteiger partial charge in [-0.1, -0.05) is 57.9 Å². The van der Waals surface area contributed by atoms with Gasteiger partial charge in [-0.05, 0) is 32.1 Å². The Bertz CT molecular complexity index is 326. The molecule has 0 atom stereocenters. The van der Waals surface area contributed by atoms with Crippen LogP contribution in [-0.2, 0) is 9.53 Å². The summed E-state index contributed by atoms with van der Waals surface area (Å²) in [5.41, 5.74) is 0. The van der Waals surface area contributed by atoms with Gasteiger partial charge in [0, 0.05) is 6.42 Å². The van der Waals surface area contributed by atoms with E-state index in [2.05, 4.69) is 27.6 Å². The van der Waals surface area contributed by atoms with Crippen molar-refractivity contribution >= 4 is 5.97 Å². The molecule has 3 heteroatoms. The van der Waals surface area contributed by atoms with Crippen LogP contribution in [-0.4, -0.2) is 44.2 Å². The minimum absolute atomic E-state index is 0.0189. The summed E-state index contributed by atoms with van der Waals surface area (Å²) in [5.74, 6) is -0.0189. The summed E-state index contributed by atoms with van der Waals surface area (Å²) in [7, 11) is 4.47. The zero-order valence-electron chi connectivity index (χ0n) is 17.4. The Balaban J connectivity index is 3.50. The third-order valence-corrected chi connectivity index (χ3v) is 4.87. The van der Waals surface area contributed by atoms with Crippen molar-refractivity contribution in [1.29, 1.82) is 0 Å². The molecule has 0 aliphatic rings. The van der Waals surface area contributed by atoms with Gasteiger partial charge in [-0.2, -0.15) is 0 Å². The van der Waals surface area contributed by atoms with Gasteiger partial charge in [0.2, 0.25) is 0 Å². The number of rotatable bonds is 18. The van der Waals surface area contributed by atoms with Gasteiger partial charge in [0.25, 0.3) is 0 Å². The minimum atomic E-state index is -0.0189. The summed E-state index contributed by atoms with van der Waals surface area (Å²) in [6.45, 7) is 8.64. The minimum Gasteiger partial charge on any atom is -0.460 e. The predicted octanol–water partition coefficient (Wildman–Crippen LogP) is 5.88. The Labute approximate surface area is 157 Å². The van der Waals surface area contributed by atoms with E-state index in [9.17, 15) is 4.79 Å². The molecule has 0 saturated carbocycles. The summed E-state index contributed by atoms with van der Waals surface area (Å²) in [4.78, 5) is 11.8. The van der Waals surface area contributed by atoms with Crippen molar-refractivity contribution in [3.63, 3.8) is 0 Å². The lowest BCUT2D eigenvalue weighted by Gasteiger charge is -2.29. The van der Waals surface area contributed by atoms with Gasteiger partial charge in [-0.25, -0.2) is 0 Å². The van der Waals surface area contributed by atoms with Crippen LogP contribution in [0.5, 0.6) is 0 Å². The molecule has 0 aromatic heterocycles. The van der Waals surface area contributed by atoms with Crippen LogP contribution in [0.4, 0.5) is 0 Å². The van der Waals surface area contributed by atoms with Crippen LogP contribution >= 0.6 is 0 Å². The molecular weight excluding hydrogens is 310 g/mol. The summed E-state index contributed by atoms with van der Waals surface area (Å²) in [5, 5.41) is 0. The molecule has 0 radical (unpaired) electrons. The first kappa shape index (κ1) is 24.2. The summed E-state index contributed by atoms with van der Waals surface area (Å²) < 4.78 is 6.37. The molecule has 0 heterocycles. The van der Waals surface area contributed by atoms with Crippen molar-refractivity contribution in [3.05, 3.63) is 12.7 Å². The van der Waals surface area contributed by atoms with Crippen LogP contribution in [0.25, 0.3) is 0 Å². The first-order valence-corrected chi connectivity index (χ1v) is 10.6. The van der Waals surface area contributed by atoms with Crippen LogP contribution < -0.4 is 0 Å². The van der Waals surface area contributed by atoms with Crippen molar-refractivity contribution < 1.29 is 14.0 Å². The van der Waals surface area contributed by atoms with Gasteiger partial charge in [0.05, 0.1) is 20.6 Å². The van der Waals surface area contributed by atoms with Crippen LogP contribution in [0.2, 0.25) is 0 Å². The van der Waals surface area contributed by atoms with Gasteiger partial charge in [0.15, 0.2) is 0 Å². The van der Waals surface area contributed by atoms with Gasteiger partial charge < -0.3 is 9.22 Å². The number of hydrogen-bond donors (Lipinski definition) is 0. The van der Waals surface area contributed by atoms with Crippen molar-refractivity contribution in [2.24, 2.45) is 0 Å². The zero-order chi connectivity index (χ0) is 18.8. The molecular formula is C22H44NO2+. The Kier molecular flexibility index (Phi) is 16.1. The predicted molar refractivity (Wildman–Crippen MR) is 109 cm³/mol. The first-order valence-electron chi connectivity index (χ1n) is 10.6. The highest BCUT2D eigenvalue weighted by Gasteiger charge is 2.15. The molecule has 0 saturated heterocycles. The number of carbonyl (C=O) groups is 1. The Hall–Kier alpha value is -0.830. The molecule has 0 aliphatic carbocycles. The molecule has 0 aliphatic heterocycles. The quantitative estimate of drug-likeness (QED) is 0.133. The van der Waals surface area contributed by atoms with E-state index < -0.39 is 0 Å². The maximum absolute atomic E-state index is 11.8. The van der Waals surface area contributed by atoms with Crippen LogP contribution in [0.1, 0.15) is 90.4 Å². The Morgan fingerprint density at radius 3 is 2.16 bits per heavy atom. The average molecular weight is 355 g/mol. The fourth-order valence-electron chi connectivity index (χ4n) is 3.00. The number of esters is 1. The van der Waals surface area contributed by atoms with E-state index in [1.165, 1.54) is 64.3 Å². The number of hydrogen-bond acceptors (Lipinski definition) is 2. The molecule has 0 bridgehead atoms. The van der Waals surface area contributed by atoms with E-state index in [-0.39, 0.29) is 5.97 Å². The lowest BCUT2D eigenvalue weighted by molar-refractivity contribution is -0.890. The van der Waals surface area contributed by atoms with Crippen LogP contribution in [0.3, 0.4) is 0 Å². The molecule has 0 N–H and O–H groups in total. The standard InChI is InChI=1S/C22H44NO2/c1-5-7-9-11-12-13-14-16-18-22(24)25-21-20-23(3,4)19-17-15-10-8-6-2/h5H,1,6-21H2,2-4H3/q+1. The molecule has 0 spiro atoms. The van der Waals surface area contributed by atoms with Crippen molar-refractivity contribution in [2.45, 2.75) is 90.4 Å². The van der Waals surface area contributed by atoms with Crippen LogP contribution in [0, 0.1) is 0 Å². The highest BCUT2D eigenvalue weighted by Crippen LogP contribution is 2.10. The van der Waals surface area contributed by atoms with E-state index >= 15 is 0 Å². The largest absolute Gasteiger partial charge is 0.460 e. The molecule has 0 aromatic carbocycles. The van der Waals surface area contributed by atoms with E-state index in [0.29, 0.717) is 13.0 Å². The van der Waals surface area contributed by atoms with E-state index in [4.69, 9.17) is 4.74 Å². The second-order valence-electron chi connectivity index (χ2n) is 7.97. The average Bonchev–Trinajstić information content (AvgIpc) is 2.57. The second kappa shape index (κ2) is 16.6. The molecule has 148 valence electrons. The molecule has 25 heavy (non-hydrogen) atoms. The third kappa shape index (κ3) is 17.8. The van der Waals surface area contributed by atoms with E-state index in [0.717, 1.165) is 30.3 Å². The number of likely N-dealkylation sites (N-methyl/N-ethyl adjacent to an activating group) is 1. The molecule has 0 amide bonds. The van der Waals surface area contributed by atoms with Crippen molar-refractivity contribution in [2.75, 3.05) is 33.8 Å². The molecule has 0 rings (SSSR count). The number of carbonyl (C=O) groups excluding carboxylic acids is 1. The Morgan fingerprint density at radius 2 is 1.48 bits per heavy atom. The third-order valence-electron chi connectivity index (χ3n) is 4.87. The fourth-order valence-corrected chi connectivity index (χ4v) is 3.00. The molecule has 0 fully saturated rings. The lowest BCUT2D eigenvalue weighted by atomic mass is 10.1. The van der Waals surface area contributed by atoms with Crippen molar-refractivity contribution in [1.82, 2.24) is 0 Å². The lowest BCUT2D eigenvalue weighted by Crippen LogP contribution is -2.43. The second-order valence-corrected chi connectivity index (χ2v) is 7.97. The number of allylic oxidation sites excluding steroid dienone is 1. The Morgan fingerprint density at radius 1 is 0.880 bits per heavy atom. The normalized spacial score (nSPS) is 11.5. The molecule has 0 unspecified atom stereocenters. The highest BCUT2D eigenvalue weighted by molar-refractivity contribution is 5.69. The van der Waals surface area contributed by atoms with Crippen LogP contribution in [0.15, 0.2) is 12.7 Å². The van der Waals surface area contributed by atoms with Gasteiger partial charge in [-0.15, -0.1) is 6.58 Å².